The fourth-order valence-electron chi connectivity index (χ4n) is 1.44. The highest BCUT2D eigenvalue weighted by Crippen LogP contribution is 2.12. The fourth-order valence-corrected chi connectivity index (χ4v) is 1.44. The summed E-state index contributed by atoms with van der Waals surface area (Å²) in [7, 11) is 0. The first kappa shape index (κ1) is 11.7. The summed E-state index contributed by atoms with van der Waals surface area (Å²) in [5, 5.41) is 11.2. The number of hydrogen-bond acceptors (Lipinski definition) is 3. The highest BCUT2D eigenvalue weighted by atomic mass is 16.5. The SMILES string of the molecule is C=CCC(NC(=O)C1CCCO1)C(=O)O. The van der Waals surface area contributed by atoms with Crippen molar-refractivity contribution in [1.82, 2.24) is 5.32 Å². The van der Waals surface area contributed by atoms with E-state index in [1.54, 1.807) is 0 Å². The van der Waals surface area contributed by atoms with Crippen LogP contribution in [-0.2, 0) is 14.3 Å². The molecule has 1 amide bonds. The molecule has 0 aromatic rings. The van der Waals surface area contributed by atoms with Gasteiger partial charge in [-0.15, -0.1) is 6.58 Å². The van der Waals surface area contributed by atoms with Gasteiger partial charge in [0.15, 0.2) is 0 Å². The van der Waals surface area contributed by atoms with Crippen LogP contribution in [0.1, 0.15) is 19.3 Å². The average molecular weight is 213 g/mol. The zero-order valence-electron chi connectivity index (χ0n) is 8.44. The minimum absolute atomic E-state index is 0.216. The minimum atomic E-state index is -1.05. The number of rotatable bonds is 5. The molecular formula is C10H15NO4. The van der Waals surface area contributed by atoms with E-state index in [4.69, 9.17) is 9.84 Å². The van der Waals surface area contributed by atoms with Crippen LogP contribution >= 0.6 is 0 Å². The lowest BCUT2D eigenvalue weighted by molar-refractivity contribution is -0.143. The number of carbonyl (C=O) groups excluding carboxylic acids is 1. The largest absolute Gasteiger partial charge is 0.480 e. The smallest absolute Gasteiger partial charge is 0.326 e. The maximum Gasteiger partial charge on any atom is 0.326 e. The van der Waals surface area contributed by atoms with E-state index in [0.717, 1.165) is 6.42 Å². The van der Waals surface area contributed by atoms with Crippen molar-refractivity contribution in [3.63, 3.8) is 0 Å². The van der Waals surface area contributed by atoms with Crippen LogP contribution in [0.2, 0.25) is 0 Å². The van der Waals surface area contributed by atoms with Crippen LogP contribution in [-0.4, -0.2) is 35.7 Å². The van der Waals surface area contributed by atoms with E-state index in [0.29, 0.717) is 13.0 Å². The Morgan fingerprint density at radius 3 is 2.87 bits per heavy atom. The van der Waals surface area contributed by atoms with Crippen LogP contribution < -0.4 is 5.32 Å². The standard InChI is InChI=1S/C10H15NO4/c1-2-4-7(10(13)14)11-9(12)8-5-3-6-15-8/h2,7-8H,1,3-6H2,(H,11,12)(H,13,14). The van der Waals surface area contributed by atoms with Crippen LogP contribution in [0.25, 0.3) is 0 Å². The van der Waals surface area contributed by atoms with E-state index in [2.05, 4.69) is 11.9 Å². The van der Waals surface area contributed by atoms with Gasteiger partial charge in [-0.2, -0.15) is 0 Å². The van der Waals surface area contributed by atoms with Gasteiger partial charge in [-0.1, -0.05) is 6.08 Å². The molecule has 0 aromatic heterocycles. The Balaban J connectivity index is 2.45. The maximum absolute atomic E-state index is 11.5. The summed E-state index contributed by atoms with van der Waals surface area (Å²) >= 11 is 0. The Kier molecular flexibility index (Phi) is 4.30. The topological polar surface area (TPSA) is 75.6 Å². The van der Waals surface area contributed by atoms with Gasteiger partial charge in [0.1, 0.15) is 12.1 Å². The lowest BCUT2D eigenvalue weighted by Gasteiger charge is -2.15. The molecule has 84 valence electrons. The minimum Gasteiger partial charge on any atom is -0.480 e. The van der Waals surface area contributed by atoms with Gasteiger partial charge in [0.05, 0.1) is 0 Å². The second kappa shape index (κ2) is 5.50. The van der Waals surface area contributed by atoms with Crippen molar-refractivity contribution in [2.75, 3.05) is 6.61 Å². The lowest BCUT2D eigenvalue weighted by atomic mass is 10.1. The van der Waals surface area contributed by atoms with Crippen molar-refractivity contribution in [1.29, 1.82) is 0 Å². The number of carbonyl (C=O) groups is 2. The molecule has 1 aliphatic rings. The molecule has 5 nitrogen and oxygen atoms in total. The molecular weight excluding hydrogens is 198 g/mol. The quantitative estimate of drug-likeness (QED) is 0.644. The Hall–Kier alpha value is -1.36. The van der Waals surface area contributed by atoms with Gasteiger partial charge in [-0.25, -0.2) is 4.79 Å². The van der Waals surface area contributed by atoms with Crippen molar-refractivity contribution in [2.24, 2.45) is 0 Å². The number of hydrogen-bond donors (Lipinski definition) is 2. The molecule has 0 aliphatic carbocycles. The van der Waals surface area contributed by atoms with E-state index in [1.165, 1.54) is 6.08 Å². The Morgan fingerprint density at radius 1 is 1.67 bits per heavy atom. The van der Waals surface area contributed by atoms with Crippen molar-refractivity contribution in [3.8, 4) is 0 Å². The third-order valence-corrected chi connectivity index (χ3v) is 2.24. The van der Waals surface area contributed by atoms with Crippen LogP contribution in [0.15, 0.2) is 12.7 Å². The molecule has 0 aromatic carbocycles. The molecule has 1 rings (SSSR count). The number of aliphatic carboxylic acids is 1. The average Bonchev–Trinajstić information content (AvgIpc) is 2.69. The first-order chi connectivity index (χ1) is 7.15. The first-order valence-corrected chi connectivity index (χ1v) is 4.91. The third kappa shape index (κ3) is 3.36. The number of nitrogens with one attached hydrogen (secondary N) is 1. The summed E-state index contributed by atoms with van der Waals surface area (Å²) in [5.41, 5.74) is 0. The first-order valence-electron chi connectivity index (χ1n) is 4.91. The van der Waals surface area contributed by atoms with E-state index in [1.807, 2.05) is 0 Å². The summed E-state index contributed by atoms with van der Waals surface area (Å²) in [6, 6.07) is -0.904. The van der Waals surface area contributed by atoms with Gasteiger partial charge in [-0.05, 0) is 19.3 Å². The zero-order chi connectivity index (χ0) is 11.3. The van der Waals surface area contributed by atoms with E-state index >= 15 is 0 Å². The molecule has 0 spiro atoms. The summed E-state index contributed by atoms with van der Waals surface area (Å²) in [5.74, 6) is -1.40. The Labute approximate surface area is 88.1 Å². The molecule has 2 unspecified atom stereocenters. The predicted molar refractivity (Wildman–Crippen MR) is 53.4 cm³/mol. The van der Waals surface area contributed by atoms with Gasteiger partial charge in [0, 0.05) is 6.61 Å². The summed E-state index contributed by atoms with van der Waals surface area (Å²) in [4.78, 5) is 22.2. The second-order valence-corrected chi connectivity index (χ2v) is 3.43. The fraction of sp³-hybridized carbons (Fsp3) is 0.600. The van der Waals surface area contributed by atoms with Gasteiger partial charge in [-0.3, -0.25) is 4.79 Å². The van der Waals surface area contributed by atoms with E-state index in [-0.39, 0.29) is 12.3 Å². The van der Waals surface area contributed by atoms with E-state index in [9.17, 15) is 9.59 Å². The second-order valence-electron chi connectivity index (χ2n) is 3.43. The molecule has 1 aliphatic heterocycles. The Morgan fingerprint density at radius 2 is 2.40 bits per heavy atom. The number of carboxylic acids is 1. The Bertz CT molecular complexity index is 258. The zero-order valence-corrected chi connectivity index (χ0v) is 8.44. The van der Waals surface area contributed by atoms with Crippen molar-refractivity contribution in [2.45, 2.75) is 31.4 Å². The summed E-state index contributed by atoms with van der Waals surface area (Å²) in [6.07, 6.45) is 2.70. The van der Waals surface area contributed by atoms with Crippen molar-refractivity contribution in [3.05, 3.63) is 12.7 Å². The van der Waals surface area contributed by atoms with Crippen molar-refractivity contribution >= 4 is 11.9 Å². The maximum atomic E-state index is 11.5. The number of ether oxygens (including phenoxy) is 1. The number of carboxylic acid groups (broad SMARTS) is 1. The molecule has 1 saturated heterocycles. The van der Waals surface area contributed by atoms with E-state index < -0.39 is 18.1 Å². The van der Waals surface area contributed by atoms with Gasteiger partial charge in [0.2, 0.25) is 5.91 Å². The molecule has 0 radical (unpaired) electrons. The summed E-state index contributed by atoms with van der Waals surface area (Å²) < 4.78 is 5.14. The molecule has 0 bridgehead atoms. The molecule has 2 N–H and O–H groups in total. The van der Waals surface area contributed by atoms with Crippen LogP contribution in [0.4, 0.5) is 0 Å². The normalized spacial score (nSPS) is 22.0. The number of amides is 1. The molecule has 5 heteroatoms. The molecule has 2 atom stereocenters. The highest BCUT2D eigenvalue weighted by Gasteiger charge is 2.27. The molecule has 1 heterocycles. The third-order valence-electron chi connectivity index (χ3n) is 2.24. The molecule has 1 fully saturated rings. The predicted octanol–water partition coefficient (Wildman–Crippen LogP) is 0.311. The highest BCUT2D eigenvalue weighted by molar-refractivity contribution is 5.86. The van der Waals surface area contributed by atoms with Crippen LogP contribution in [0.5, 0.6) is 0 Å². The van der Waals surface area contributed by atoms with Crippen LogP contribution in [0.3, 0.4) is 0 Å². The van der Waals surface area contributed by atoms with Gasteiger partial charge >= 0.3 is 5.97 Å². The van der Waals surface area contributed by atoms with Crippen LogP contribution in [0, 0.1) is 0 Å². The van der Waals surface area contributed by atoms with Gasteiger partial charge in [0.25, 0.3) is 0 Å². The monoisotopic (exact) mass is 213 g/mol. The molecule has 0 saturated carbocycles. The molecule has 15 heavy (non-hydrogen) atoms. The van der Waals surface area contributed by atoms with Crippen molar-refractivity contribution < 1.29 is 19.4 Å². The lowest BCUT2D eigenvalue weighted by Crippen LogP contribution is -2.45. The van der Waals surface area contributed by atoms with Gasteiger partial charge < -0.3 is 15.2 Å². The summed E-state index contributed by atoms with van der Waals surface area (Å²) in [6.45, 7) is 4.01.